The molecule has 2 N–H and O–H groups in total. The largest absolute Gasteiger partial charge is 0.350 e. The van der Waals surface area contributed by atoms with Crippen molar-refractivity contribution in [2.45, 2.75) is 20.3 Å². The van der Waals surface area contributed by atoms with Crippen LogP contribution >= 0.6 is 0 Å². The first-order chi connectivity index (χ1) is 15.8. The number of carbonyl (C=O) groups is 1. The van der Waals surface area contributed by atoms with Crippen molar-refractivity contribution >= 4 is 39.8 Å². The maximum Gasteiger partial charge on any atom is 0.306 e. The summed E-state index contributed by atoms with van der Waals surface area (Å²) >= 11 is 0. The van der Waals surface area contributed by atoms with Gasteiger partial charge in [-0.25, -0.2) is 9.97 Å². The number of hydrogen-bond acceptors (Lipinski definition) is 6. The molecule has 0 radical (unpaired) electrons. The van der Waals surface area contributed by atoms with Crippen molar-refractivity contribution in [2.75, 3.05) is 10.6 Å². The highest BCUT2D eigenvalue weighted by Crippen LogP contribution is 2.35. The molecule has 2 aromatic carbocycles. The third kappa shape index (κ3) is 4.22. The van der Waals surface area contributed by atoms with Gasteiger partial charge in [0.1, 0.15) is 5.69 Å². The third-order valence-electron chi connectivity index (χ3n) is 5.27. The molecule has 0 aliphatic carbocycles. The van der Waals surface area contributed by atoms with E-state index in [0.29, 0.717) is 22.6 Å². The fraction of sp³-hybridized carbons (Fsp3) is 0.174. The molecule has 33 heavy (non-hydrogen) atoms. The molecule has 4 rings (SSSR count). The number of rotatable bonds is 6. The number of halogens is 1. The maximum atomic E-state index is 13.9. The molecule has 168 valence electrons. The summed E-state index contributed by atoms with van der Waals surface area (Å²) in [6, 6.07) is 9.98. The van der Waals surface area contributed by atoms with Crippen molar-refractivity contribution in [3.05, 3.63) is 70.3 Å². The number of benzene rings is 2. The molecule has 0 fully saturated rings. The number of amides is 1. The molecule has 0 saturated heterocycles. The summed E-state index contributed by atoms with van der Waals surface area (Å²) in [4.78, 5) is 31.3. The highest BCUT2D eigenvalue weighted by atomic mass is 19.1. The molecular formula is C23H21FN6O3. The van der Waals surface area contributed by atoms with E-state index in [4.69, 9.17) is 0 Å². The Kier molecular flexibility index (Phi) is 5.74. The number of fused-ring (bicyclic) bond motifs is 1. The van der Waals surface area contributed by atoms with Crippen LogP contribution in [-0.2, 0) is 11.8 Å². The number of aryl methyl sites for hydroxylation is 2. The second kappa shape index (κ2) is 8.65. The Morgan fingerprint density at radius 3 is 2.73 bits per heavy atom. The molecule has 0 saturated carbocycles. The van der Waals surface area contributed by atoms with E-state index in [2.05, 4.69) is 20.6 Å². The number of nitrogens with one attached hydrogen (secondary N) is 2. The number of nitrogens with zero attached hydrogens (tertiary/aromatic N) is 4. The molecule has 4 aromatic rings. The summed E-state index contributed by atoms with van der Waals surface area (Å²) in [6.45, 7) is 3.37. The van der Waals surface area contributed by atoms with Crippen molar-refractivity contribution in [1.82, 2.24) is 14.5 Å². The maximum absolute atomic E-state index is 13.9. The molecule has 9 nitrogen and oxygen atoms in total. The minimum absolute atomic E-state index is 0.149. The Morgan fingerprint density at radius 1 is 1.24 bits per heavy atom. The zero-order valence-corrected chi connectivity index (χ0v) is 18.2. The van der Waals surface area contributed by atoms with Crippen molar-refractivity contribution in [2.24, 2.45) is 7.05 Å². The Bertz CT molecular complexity index is 1400. The van der Waals surface area contributed by atoms with Gasteiger partial charge >= 0.3 is 5.69 Å². The molecule has 0 bridgehead atoms. The van der Waals surface area contributed by atoms with E-state index in [0.717, 1.165) is 28.6 Å². The first-order valence-corrected chi connectivity index (χ1v) is 10.2. The lowest BCUT2D eigenvalue weighted by Crippen LogP contribution is -2.12. The smallest absolute Gasteiger partial charge is 0.306 e. The molecule has 10 heteroatoms. The summed E-state index contributed by atoms with van der Waals surface area (Å²) in [6.07, 6.45) is 3.67. The van der Waals surface area contributed by atoms with Gasteiger partial charge < -0.3 is 15.2 Å². The summed E-state index contributed by atoms with van der Waals surface area (Å²) < 4.78 is 15.9. The third-order valence-corrected chi connectivity index (χ3v) is 5.27. The van der Waals surface area contributed by atoms with Crippen molar-refractivity contribution in [3.63, 3.8) is 0 Å². The van der Waals surface area contributed by atoms with Crippen LogP contribution in [0.4, 0.5) is 27.4 Å². The van der Waals surface area contributed by atoms with Gasteiger partial charge in [-0.1, -0.05) is 25.1 Å². The van der Waals surface area contributed by atoms with Crippen LogP contribution in [0.15, 0.2) is 48.8 Å². The number of anilines is 3. The molecule has 0 atom stereocenters. The van der Waals surface area contributed by atoms with Crippen molar-refractivity contribution < 1.29 is 14.1 Å². The zero-order valence-electron chi connectivity index (χ0n) is 18.2. The van der Waals surface area contributed by atoms with E-state index >= 15 is 0 Å². The Balaban J connectivity index is 1.83. The normalized spacial score (nSPS) is 10.9. The van der Waals surface area contributed by atoms with Crippen LogP contribution in [0.1, 0.15) is 18.9 Å². The Hall–Kier alpha value is -4.34. The van der Waals surface area contributed by atoms with E-state index in [1.165, 1.54) is 6.20 Å². The minimum Gasteiger partial charge on any atom is -0.350 e. The monoisotopic (exact) mass is 448 g/mol. The predicted octanol–water partition coefficient (Wildman–Crippen LogP) is 5.08. The van der Waals surface area contributed by atoms with Crippen molar-refractivity contribution in [3.8, 4) is 11.3 Å². The van der Waals surface area contributed by atoms with E-state index in [1.54, 1.807) is 13.8 Å². The van der Waals surface area contributed by atoms with Crippen molar-refractivity contribution in [1.29, 1.82) is 0 Å². The molecule has 0 aliphatic rings. The van der Waals surface area contributed by atoms with Crippen LogP contribution in [0.5, 0.6) is 0 Å². The second-order valence-electron chi connectivity index (χ2n) is 7.53. The number of nitro groups is 1. The topological polar surface area (TPSA) is 115 Å². The number of carbonyl (C=O) groups excluding carboxylic acids is 1. The van der Waals surface area contributed by atoms with Gasteiger partial charge in [-0.15, -0.1) is 0 Å². The highest BCUT2D eigenvalue weighted by molar-refractivity contribution is 6.01. The molecule has 0 unspecified atom stereocenters. The average Bonchev–Trinajstić information content (AvgIpc) is 3.12. The van der Waals surface area contributed by atoms with Gasteiger partial charge in [0.2, 0.25) is 17.7 Å². The van der Waals surface area contributed by atoms with Gasteiger partial charge in [0.15, 0.2) is 0 Å². The number of nitro benzene ring substituents is 1. The Labute approximate surface area is 188 Å². The Morgan fingerprint density at radius 2 is 2.00 bits per heavy atom. The fourth-order valence-corrected chi connectivity index (χ4v) is 3.56. The summed E-state index contributed by atoms with van der Waals surface area (Å²) in [5.41, 5.74) is 2.80. The minimum atomic E-state index is -0.918. The van der Waals surface area contributed by atoms with E-state index in [-0.39, 0.29) is 18.3 Å². The number of aromatic nitrogens is 3. The lowest BCUT2D eigenvalue weighted by molar-refractivity contribution is -0.387. The molecule has 1 amide bonds. The van der Waals surface area contributed by atoms with Gasteiger partial charge in [-0.2, -0.15) is 4.39 Å². The van der Waals surface area contributed by atoms with Crippen LogP contribution in [0.25, 0.3) is 22.2 Å². The first-order valence-electron chi connectivity index (χ1n) is 10.2. The van der Waals surface area contributed by atoms with Gasteiger partial charge in [-0.05, 0) is 24.6 Å². The molecular weight excluding hydrogens is 427 g/mol. The highest BCUT2D eigenvalue weighted by Gasteiger charge is 2.19. The summed E-state index contributed by atoms with van der Waals surface area (Å²) in [5, 5.41) is 17.8. The van der Waals surface area contributed by atoms with Crippen LogP contribution < -0.4 is 10.6 Å². The van der Waals surface area contributed by atoms with Gasteiger partial charge in [0, 0.05) is 42.2 Å². The van der Waals surface area contributed by atoms with E-state index in [1.807, 2.05) is 42.1 Å². The SMILES string of the molecule is CCC(=O)Nc1cnc(Nc2cc([N+](=O)[O-])c(F)cc2C)nc1-c1cn(C)c2ccccc12. The van der Waals surface area contributed by atoms with Crippen LogP contribution in [-0.4, -0.2) is 25.4 Å². The number of para-hydroxylation sites is 1. The lowest BCUT2D eigenvalue weighted by Gasteiger charge is -2.13. The van der Waals surface area contributed by atoms with Gasteiger partial charge in [-0.3, -0.25) is 14.9 Å². The zero-order chi connectivity index (χ0) is 23.7. The molecule has 0 spiro atoms. The second-order valence-corrected chi connectivity index (χ2v) is 7.53. The standard InChI is InChI=1S/C23H21FN6O3/c1-4-21(31)26-18-11-25-23(27-17-10-20(30(32)33)16(24)9-13(17)2)28-22(18)15-12-29(3)19-8-6-5-7-14(15)19/h5-12H,4H2,1-3H3,(H,26,31)(H,25,27,28). The quantitative estimate of drug-likeness (QED) is 0.314. The predicted molar refractivity (Wildman–Crippen MR) is 124 cm³/mol. The van der Waals surface area contributed by atoms with Gasteiger partial charge in [0.25, 0.3) is 0 Å². The average molecular weight is 448 g/mol. The summed E-state index contributed by atoms with van der Waals surface area (Å²) in [5.74, 6) is -0.958. The van der Waals surface area contributed by atoms with Crippen LogP contribution in [0.3, 0.4) is 0 Å². The van der Waals surface area contributed by atoms with E-state index < -0.39 is 16.4 Å². The molecule has 2 heterocycles. The number of hydrogen-bond donors (Lipinski definition) is 2. The lowest BCUT2D eigenvalue weighted by atomic mass is 10.1. The van der Waals surface area contributed by atoms with Crippen LogP contribution in [0.2, 0.25) is 0 Å². The van der Waals surface area contributed by atoms with Crippen LogP contribution in [0, 0.1) is 22.9 Å². The first kappa shape index (κ1) is 21.9. The van der Waals surface area contributed by atoms with E-state index in [9.17, 15) is 19.3 Å². The molecule has 2 aromatic heterocycles. The van der Waals surface area contributed by atoms with Gasteiger partial charge in [0.05, 0.1) is 22.5 Å². The molecule has 0 aliphatic heterocycles. The fourth-order valence-electron chi connectivity index (χ4n) is 3.56. The summed E-state index contributed by atoms with van der Waals surface area (Å²) in [7, 11) is 1.91.